The minimum absolute atomic E-state index is 0.0355. The van der Waals surface area contributed by atoms with Gasteiger partial charge in [-0.05, 0) is 47.6 Å². The number of carbonyl (C=O) groups excluding carboxylic acids is 2. The van der Waals surface area contributed by atoms with Gasteiger partial charge in [-0.2, -0.15) is 19.0 Å². The van der Waals surface area contributed by atoms with Crippen LogP contribution in [-0.4, -0.2) is 83.9 Å². The maximum Gasteiger partial charge on any atom is 0.410 e. The molecule has 50 heavy (non-hydrogen) atoms. The molecule has 2 aliphatic heterocycles. The summed E-state index contributed by atoms with van der Waals surface area (Å²) in [6, 6.07) is 3.51. The number of halogens is 6. The van der Waals surface area contributed by atoms with E-state index in [2.05, 4.69) is 25.3 Å². The molecular weight excluding hydrogens is 689 g/mol. The van der Waals surface area contributed by atoms with Crippen molar-refractivity contribution in [3.8, 4) is 11.4 Å². The molecule has 3 aliphatic rings. The molecule has 1 saturated heterocycles. The number of likely N-dealkylation sites (tertiary alicyclic amines) is 1. The van der Waals surface area contributed by atoms with Gasteiger partial charge in [-0.1, -0.05) is 44.5 Å². The van der Waals surface area contributed by atoms with Crippen LogP contribution in [0, 0.1) is 11.3 Å². The molecule has 1 fully saturated rings. The number of guanidine groups is 1. The minimum Gasteiger partial charge on any atom is -0.447 e. The summed E-state index contributed by atoms with van der Waals surface area (Å²) in [6.45, 7) is 0.506. The fraction of sp³-hybridized carbons (Fsp3) is 0.438. The standard InChI is InChI=1S/C32H33ClF5N9O3/c1-30(2,3)13-32(21-6-4-17(9-23(21)34)19-10-42-46(11-19)27(35)36)26(48)47(28(39)43-32)24(12-50-29(49)45-14-31(37,38)15-45)18-5-7-22(33)20(8-18)25-40-16-41-44-25/h4-5,7-11,16,21,24,27H,6,12-15H2,1-3H3,(H2,39,43)(H,40,41,44)/t21?,24-,32-/m1/s1. The summed E-state index contributed by atoms with van der Waals surface area (Å²) in [7, 11) is 0. The lowest BCUT2D eigenvalue weighted by Crippen LogP contribution is -2.58. The third-order valence-electron chi connectivity index (χ3n) is 8.69. The van der Waals surface area contributed by atoms with E-state index in [1.54, 1.807) is 18.2 Å². The molecule has 1 unspecified atom stereocenters. The Labute approximate surface area is 287 Å². The van der Waals surface area contributed by atoms with E-state index >= 15 is 4.39 Å². The first kappa shape index (κ1) is 35.0. The van der Waals surface area contributed by atoms with E-state index in [0.717, 1.165) is 22.1 Å². The van der Waals surface area contributed by atoms with E-state index in [1.165, 1.54) is 18.6 Å². The Hall–Kier alpha value is -4.80. The van der Waals surface area contributed by atoms with Crippen LogP contribution >= 0.6 is 11.6 Å². The van der Waals surface area contributed by atoms with Gasteiger partial charge in [0.1, 0.15) is 18.8 Å². The van der Waals surface area contributed by atoms with Gasteiger partial charge in [0, 0.05) is 23.2 Å². The van der Waals surface area contributed by atoms with Crippen LogP contribution in [0.1, 0.15) is 57.3 Å². The first-order valence-corrected chi connectivity index (χ1v) is 15.9. The third-order valence-corrected chi connectivity index (χ3v) is 9.01. The Kier molecular flexibility index (Phi) is 8.99. The monoisotopic (exact) mass is 721 g/mol. The molecule has 3 aromatic rings. The Morgan fingerprint density at radius 2 is 1.98 bits per heavy atom. The molecule has 266 valence electrons. The number of rotatable bonds is 9. The van der Waals surface area contributed by atoms with Crippen LogP contribution in [-0.2, 0) is 9.53 Å². The van der Waals surface area contributed by atoms with Crippen LogP contribution < -0.4 is 5.73 Å². The molecule has 18 heteroatoms. The van der Waals surface area contributed by atoms with Crippen LogP contribution in [0.25, 0.3) is 17.0 Å². The summed E-state index contributed by atoms with van der Waals surface area (Å²) in [5, 5.41) is 10.5. The first-order valence-electron chi connectivity index (χ1n) is 15.5. The summed E-state index contributed by atoms with van der Waals surface area (Å²) in [6.07, 6.45) is 5.32. The highest BCUT2D eigenvalue weighted by Crippen LogP contribution is 2.49. The van der Waals surface area contributed by atoms with Crippen molar-refractivity contribution in [3.63, 3.8) is 0 Å². The van der Waals surface area contributed by atoms with Crippen molar-refractivity contribution in [1.82, 2.24) is 34.8 Å². The molecule has 3 atom stereocenters. The van der Waals surface area contributed by atoms with Crippen LogP contribution in [0.4, 0.5) is 26.7 Å². The van der Waals surface area contributed by atoms with Gasteiger partial charge in [-0.3, -0.25) is 19.7 Å². The topological polar surface area (TPSA) is 148 Å². The second-order valence-electron chi connectivity index (χ2n) is 13.6. The van der Waals surface area contributed by atoms with Crippen molar-refractivity contribution in [2.75, 3.05) is 19.7 Å². The number of nitrogens with two attached hydrogens (primary N) is 1. The highest BCUT2D eigenvalue weighted by atomic mass is 35.5. The Morgan fingerprint density at radius 1 is 1.24 bits per heavy atom. The zero-order chi connectivity index (χ0) is 36.2. The number of carbonyl (C=O) groups is 2. The normalized spacial score (nSPS) is 22.6. The number of nitrogens with zero attached hydrogens (tertiary/aromatic N) is 7. The lowest BCUT2D eigenvalue weighted by molar-refractivity contribution is -0.137. The lowest BCUT2D eigenvalue weighted by Gasteiger charge is -2.40. The molecule has 0 spiro atoms. The van der Waals surface area contributed by atoms with Crippen molar-refractivity contribution in [2.45, 2.75) is 57.7 Å². The lowest BCUT2D eigenvalue weighted by atomic mass is 9.69. The molecule has 0 radical (unpaired) electrons. The predicted octanol–water partition coefficient (Wildman–Crippen LogP) is 6.13. The fourth-order valence-electron chi connectivity index (χ4n) is 6.55. The van der Waals surface area contributed by atoms with E-state index in [-0.39, 0.29) is 29.4 Å². The van der Waals surface area contributed by atoms with Crippen LogP contribution in [0.5, 0.6) is 0 Å². The van der Waals surface area contributed by atoms with Gasteiger partial charge in [-0.25, -0.2) is 32.6 Å². The average molecular weight is 722 g/mol. The Morgan fingerprint density at radius 3 is 2.58 bits per heavy atom. The van der Waals surface area contributed by atoms with E-state index in [9.17, 15) is 27.2 Å². The highest BCUT2D eigenvalue weighted by molar-refractivity contribution is 6.33. The molecule has 0 saturated carbocycles. The summed E-state index contributed by atoms with van der Waals surface area (Å²) in [4.78, 5) is 38.3. The Balaban J connectivity index is 1.37. The second-order valence-corrected chi connectivity index (χ2v) is 14.1. The number of nitrogens with one attached hydrogen (secondary N) is 1. The third kappa shape index (κ3) is 6.69. The number of amides is 2. The van der Waals surface area contributed by atoms with Gasteiger partial charge in [0.15, 0.2) is 17.3 Å². The van der Waals surface area contributed by atoms with Gasteiger partial charge >= 0.3 is 12.6 Å². The predicted molar refractivity (Wildman–Crippen MR) is 171 cm³/mol. The number of aliphatic imine (C=N–C) groups is 1. The summed E-state index contributed by atoms with van der Waals surface area (Å²) < 4.78 is 75.6. The number of allylic oxidation sites excluding steroid dienone is 3. The van der Waals surface area contributed by atoms with Gasteiger partial charge in [-0.15, -0.1) is 0 Å². The number of aromatic nitrogens is 5. The zero-order valence-electron chi connectivity index (χ0n) is 27.1. The molecular formula is C32H33ClF5N9O3. The van der Waals surface area contributed by atoms with E-state index in [4.69, 9.17) is 22.1 Å². The van der Waals surface area contributed by atoms with Crippen LogP contribution in [0.3, 0.4) is 0 Å². The Bertz CT molecular complexity index is 1880. The van der Waals surface area contributed by atoms with Gasteiger partial charge in [0.2, 0.25) is 0 Å². The van der Waals surface area contributed by atoms with Crippen molar-refractivity contribution in [2.24, 2.45) is 22.1 Å². The van der Waals surface area contributed by atoms with Crippen molar-refractivity contribution in [3.05, 3.63) is 71.0 Å². The number of aromatic amines is 1. The number of alkyl halides is 4. The van der Waals surface area contributed by atoms with Gasteiger partial charge in [0.25, 0.3) is 11.8 Å². The summed E-state index contributed by atoms with van der Waals surface area (Å²) in [5.41, 5.74) is 5.46. The molecule has 4 heterocycles. The number of hydrogen-bond donors (Lipinski definition) is 2. The van der Waals surface area contributed by atoms with Crippen LogP contribution in [0.15, 0.2) is 59.9 Å². The van der Waals surface area contributed by atoms with E-state index < -0.39 is 72.9 Å². The average Bonchev–Trinajstić information content (AvgIpc) is 3.78. The molecule has 2 amide bonds. The molecule has 1 aliphatic carbocycles. The van der Waals surface area contributed by atoms with Crippen molar-refractivity contribution >= 4 is 35.1 Å². The minimum atomic E-state index is -3.04. The molecule has 1 aromatic carbocycles. The SMILES string of the molecule is CC(C)(C)C[C@]1(C2CC=C(c3cnn(C(F)F)c3)C=C2F)N=C(N)N([C@H](COC(=O)N2CC(F)(F)C2)c2ccc(Cl)c(-c3ncn[nH]3)c2)C1=O. The van der Waals surface area contributed by atoms with Crippen LogP contribution in [0.2, 0.25) is 5.02 Å². The first-order chi connectivity index (χ1) is 23.5. The molecule has 2 aromatic heterocycles. The van der Waals surface area contributed by atoms with E-state index in [1.807, 2.05) is 20.8 Å². The van der Waals surface area contributed by atoms with Crippen molar-refractivity contribution in [1.29, 1.82) is 0 Å². The second kappa shape index (κ2) is 12.8. The number of hydrogen-bond acceptors (Lipinski definition) is 8. The smallest absolute Gasteiger partial charge is 0.410 e. The van der Waals surface area contributed by atoms with Gasteiger partial charge < -0.3 is 10.5 Å². The quantitative estimate of drug-likeness (QED) is 0.253. The fourth-order valence-corrected chi connectivity index (χ4v) is 6.75. The molecule has 3 N–H and O–H groups in total. The largest absolute Gasteiger partial charge is 0.447 e. The van der Waals surface area contributed by atoms with E-state index in [0.29, 0.717) is 27.2 Å². The molecule has 12 nitrogen and oxygen atoms in total. The summed E-state index contributed by atoms with van der Waals surface area (Å²) in [5.74, 6) is -5.58. The van der Waals surface area contributed by atoms with Gasteiger partial charge in [0.05, 0.1) is 30.4 Å². The zero-order valence-corrected chi connectivity index (χ0v) is 27.8. The summed E-state index contributed by atoms with van der Waals surface area (Å²) >= 11 is 6.46. The number of H-pyrrole nitrogens is 1. The molecule has 0 bridgehead atoms. The molecule has 6 rings (SSSR count). The number of benzene rings is 1. The maximum atomic E-state index is 16.3. The highest BCUT2D eigenvalue weighted by Gasteiger charge is 2.58. The number of ether oxygens (including phenoxy) is 1. The maximum absolute atomic E-state index is 16.3. The van der Waals surface area contributed by atoms with Crippen molar-refractivity contribution < 1.29 is 36.3 Å².